The number of halogens is 1. The lowest BCUT2D eigenvalue weighted by molar-refractivity contribution is 0.591. The first-order chi connectivity index (χ1) is 6.89. The largest absolute Gasteiger partial charge is 0.349 e. The van der Waals surface area contributed by atoms with Crippen molar-refractivity contribution in [2.75, 3.05) is 0 Å². The zero-order valence-corrected chi connectivity index (χ0v) is 11.2. The minimum Gasteiger partial charge on any atom is -0.349 e. The van der Waals surface area contributed by atoms with Crippen LogP contribution in [0.5, 0.6) is 0 Å². The Labute approximate surface area is 99.2 Å². The highest BCUT2D eigenvalue weighted by molar-refractivity contribution is 9.10. The van der Waals surface area contributed by atoms with Gasteiger partial charge < -0.3 is 4.57 Å². The third kappa shape index (κ3) is 1.83. The lowest BCUT2D eigenvalue weighted by atomic mass is 9.86. The maximum Gasteiger partial charge on any atom is 0.0489 e. The molecule has 0 atom stereocenters. The molecule has 0 unspecified atom stereocenters. The maximum absolute atomic E-state index is 3.60. The Hall–Kier alpha value is -0.760. The van der Waals surface area contributed by atoms with Gasteiger partial charge in [0, 0.05) is 28.6 Å². The molecular formula is C13H16BrN. The Balaban J connectivity index is 2.71. The quantitative estimate of drug-likeness (QED) is 0.672. The predicted molar refractivity (Wildman–Crippen MR) is 69.3 cm³/mol. The van der Waals surface area contributed by atoms with E-state index in [0.717, 1.165) is 0 Å². The number of hydrogen-bond donors (Lipinski definition) is 0. The summed E-state index contributed by atoms with van der Waals surface area (Å²) < 4.78 is 3.32. The van der Waals surface area contributed by atoms with E-state index in [9.17, 15) is 0 Å². The number of aromatic nitrogens is 1. The minimum absolute atomic E-state index is 0.212. The monoisotopic (exact) mass is 265 g/mol. The fourth-order valence-corrected chi connectivity index (χ4v) is 2.44. The van der Waals surface area contributed by atoms with Crippen LogP contribution in [-0.4, -0.2) is 4.57 Å². The second-order valence-electron chi connectivity index (χ2n) is 5.07. The van der Waals surface area contributed by atoms with Crippen molar-refractivity contribution in [3.63, 3.8) is 0 Å². The summed E-state index contributed by atoms with van der Waals surface area (Å²) in [5, 5.41) is 1.30. The van der Waals surface area contributed by atoms with Gasteiger partial charge in [0.25, 0.3) is 0 Å². The average molecular weight is 266 g/mol. The van der Waals surface area contributed by atoms with E-state index in [4.69, 9.17) is 0 Å². The van der Waals surface area contributed by atoms with Crippen LogP contribution in [0.2, 0.25) is 0 Å². The van der Waals surface area contributed by atoms with Crippen molar-refractivity contribution >= 4 is 26.8 Å². The van der Waals surface area contributed by atoms with Crippen LogP contribution in [0, 0.1) is 0 Å². The lowest BCUT2D eigenvalue weighted by Gasteiger charge is -2.19. The number of fused-ring (bicyclic) bond motifs is 1. The summed E-state index contributed by atoms with van der Waals surface area (Å²) in [7, 11) is 2.07. The molecule has 0 saturated carbocycles. The molecule has 1 aromatic carbocycles. The summed E-state index contributed by atoms with van der Waals surface area (Å²) in [5.41, 5.74) is 2.86. The molecule has 0 N–H and O–H groups in total. The van der Waals surface area contributed by atoms with Gasteiger partial charge >= 0.3 is 0 Å². The molecule has 0 saturated heterocycles. The van der Waals surface area contributed by atoms with E-state index in [1.807, 2.05) is 0 Å². The molecule has 0 amide bonds. The predicted octanol–water partition coefficient (Wildman–Crippen LogP) is 4.24. The Morgan fingerprint density at radius 1 is 1.20 bits per heavy atom. The van der Waals surface area contributed by atoms with Gasteiger partial charge in [-0.25, -0.2) is 0 Å². The van der Waals surface area contributed by atoms with Gasteiger partial charge in [0.05, 0.1) is 0 Å². The van der Waals surface area contributed by atoms with Gasteiger partial charge in [-0.1, -0.05) is 26.8 Å². The fourth-order valence-electron chi connectivity index (χ4n) is 1.81. The Morgan fingerprint density at radius 3 is 2.47 bits per heavy atom. The van der Waals surface area contributed by atoms with Crippen molar-refractivity contribution in [3.8, 4) is 0 Å². The van der Waals surface area contributed by atoms with Crippen molar-refractivity contribution in [1.29, 1.82) is 0 Å². The summed E-state index contributed by atoms with van der Waals surface area (Å²) in [6.45, 7) is 6.72. The number of rotatable bonds is 0. The summed E-state index contributed by atoms with van der Waals surface area (Å²) >= 11 is 3.60. The Kier molecular flexibility index (Phi) is 2.42. The molecule has 0 aliphatic carbocycles. The van der Waals surface area contributed by atoms with E-state index in [-0.39, 0.29) is 5.41 Å². The normalized spacial score (nSPS) is 12.3. The van der Waals surface area contributed by atoms with Gasteiger partial charge in [0.15, 0.2) is 0 Å². The van der Waals surface area contributed by atoms with Gasteiger partial charge in [-0.15, -0.1) is 0 Å². The molecule has 2 heteroatoms. The summed E-state index contributed by atoms with van der Waals surface area (Å²) in [6.07, 6.45) is 2.11. The molecule has 1 nitrogen and oxygen atoms in total. The minimum atomic E-state index is 0.212. The van der Waals surface area contributed by atoms with E-state index >= 15 is 0 Å². The molecule has 0 aliphatic rings. The van der Waals surface area contributed by atoms with Crippen LogP contribution in [0.4, 0.5) is 0 Å². The molecule has 80 valence electrons. The highest BCUT2D eigenvalue weighted by atomic mass is 79.9. The maximum atomic E-state index is 3.60. The van der Waals surface area contributed by atoms with Crippen molar-refractivity contribution in [2.24, 2.45) is 7.05 Å². The Bertz CT molecular complexity index is 503. The van der Waals surface area contributed by atoms with E-state index in [2.05, 4.69) is 72.7 Å². The molecule has 0 spiro atoms. The summed E-state index contributed by atoms with van der Waals surface area (Å²) in [5.74, 6) is 0. The molecular weight excluding hydrogens is 250 g/mol. The van der Waals surface area contributed by atoms with E-state index in [1.54, 1.807) is 0 Å². The smallest absolute Gasteiger partial charge is 0.0489 e. The molecule has 0 radical (unpaired) electrons. The lowest BCUT2D eigenvalue weighted by Crippen LogP contribution is -2.10. The first kappa shape index (κ1) is 10.7. The van der Waals surface area contributed by atoms with Crippen LogP contribution >= 0.6 is 15.9 Å². The number of nitrogens with zero attached hydrogens (tertiary/aromatic N) is 1. The van der Waals surface area contributed by atoms with Gasteiger partial charge in [-0.2, -0.15) is 0 Å². The van der Waals surface area contributed by atoms with Crippen molar-refractivity contribution in [3.05, 3.63) is 34.4 Å². The second kappa shape index (κ2) is 3.38. The summed E-state index contributed by atoms with van der Waals surface area (Å²) in [4.78, 5) is 0. The third-order valence-electron chi connectivity index (χ3n) is 2.81. The van der Waals surface area contributed by atoms with Crippen LogP contribution in [0.3, 0.4) is 0 Å². The van der Waals surface area contributed by atoms with Gasteiger partial charge in [-0.05, 0) is 39.0 Å². The zero-order chi connectivity index (χ0) is 11.2. The molecule has 0 bridgehead atoms. The van der Waals surface area contributed by atoms with Crippen LogP contribution in [-0.2, 0) is 12.5 Å². The highest BCUT2D eigenvalue weighted by Crippen LogP contribution is 2.30. The first-order valence-corrected chi connectivity index (χ1v) is 5.94. The van der Waals surface area contributed by atoms with Crippen molar-refractivity contribution in [2.45, 2.75) is 26.2 Å². The molecule has 15 heavy (non-hydrogen) atoms. The number of aryl methyl sites for hydroxylation is 1. The SMILES string of the molecule is Cn1cc(Br)c2cc(C(C)(C)C)ccc21. The van der Waals surface area contributed by atoms with Gasteiger partial charge in [0.1, 0.15) is 0 Å². The first-order valence-electron chi connectivity index (χ1n) is 5.14. The van der Waals surface area contributed by atoms with Gasteiger partial charge in [-0.3, -0.25) is 0 Å². The molecule has 1 heterocycles. The molecule has 0 aliphatic heterocycles. The number of benzene rings is 1. The van der Waals surface area contributed by atoms with Crippen LogP contribution in [0.25, 0.3) is 10.9 Å². The fraction of sp³-hybridized carbons (Fsp3) is 0.385. The van der Waals surface area contributed by atoms with E-state index < -0.39 is 0 Å². The topological polar surface area (TPSA) is 4.93 Å². The molecule has 0 fully saturated rings. The van der Waals surface area contributed by atoms with E-state index in [1.165, 1.54) is 20.9 Å². The zero-order valence-electron chi connectivity index (χ0n) is 9.63. The molecule has 2 aromatic rings. The van der Waals surface area contributed by atoms with Gasteiger partial charge in [0.2, 0.25) is 0 Å². The second-order valence-corrected chi connectivity index (χ2v) is 5.92. The molecule has 1 aromatic heterocycles. The van der Waals surface area contributed by atoms with Crippen LogP contribution in [0.1, 0.15) is 26.3 Å². The van der Waals surface area contributed by atoms with Crippen LogP contribution < -0.4 is 0 Å². The van der Waals surface area contributed by atoms with Crippen molar-refractivity contribution < 1.29 is 0 Å². The highest BCUT2D eigenvalue weighted by Gasteiger charge is 2.15. The standard InChI is InChI=1S/C13H16BrN/c1-13(2,3)9-5-6-12-10(7-9)11(14)8-15(12)4/h5-8H,1-4H3. The van der Waals surface area contributed by atoms with Crippen LogP contribution in [0.15, 0.2) is 28.9 Å². The molecule has 2 rings (SSSR count). The third-order valence-corrected chi connectivity index (χ3v) is 3.44. The average Bonchev–Trinajstić information content (AvgIpc) is 2.41. The summed E-state index contributed by atoms with van der Waals surface area (Å²) in [6, 6.07) is 6.69. The van der Waals surface area contributed by atoms with E-state index in [0.29, 0.717) is 0 Å². The Morgan fingerprint density at radius 2 is 1.87 bits per heavy atom. The van der Waals surface area contributed by atoms with Crippen molar-refractivity contribution in [1.82, 2.24) is 4.57 Å². The number of hydrogen-bond acceptors (Lipinski definition) is 0.